The first kappa shape index (κ1) is 19.2. The molecular weight excluding hydrogens is 338 g/mol. The Hall–Kier alpha value is -2.12. The summed E-state index contributed by atoms with van der Waals surface area (Å²) < 4.78 is 4.84. The third kappa shape index (κ3) is 4.11. The number of nitrogens with one attached hydrogen (secondary N) is 2. The van der Waals surface area contributed by atoms with Gasteiger partial charge in [0.1, 0.15) is 5.69 Å². The maximum atomic E-state index is 12.6. The number of esters is 1. The average molecular weight is 363 g/mol. The Morgan fingerprint density at radius 2 is 2.12 bits per heavy atom. The van der Waals surface area contributed by atoms with Crippen LogP contribution in [0.4, 0.5) is 0 Å². The molecule has 2 aromatic rings. The summed E-state index contributed by atoms with van der Waals surface area (Å²) in [4.78, 5) is 31.0. The number of rotatable bonds is 7. The van der Waals surface area contributed by atoms with Crippen molar-refractivity contribution in [3.63, 3.8) is 0 Å². The van der Waals surface area contributed by atoms with Gasteiger partial charge in [-0.25, -0.2) is 4.79 Å². The molecule has 7 heteroatoms. The third-order valence-electron chi connectivity index (χ3n) is 4.25. The summed E-state index contributed by atoms with van der Waals surface area (Å²) in [5.41, 5.74) is 2.22. The summed E-state index contributed by atoms with van der Waals surface area (Å²) in [6.45, 7) is 4.18. The molecule has 0 spiro atoms. The molecule has 2 heterocycles. The van der Waals surface area contributed by atoms with Crippen LogP contribution in [0.5, 0.6) is 0 Å². The molecule has 0 aliphatic heterocycles. The number of methoxy groups -OCH3 is 1. The van der Waals surface area contributed by atoms with Gasteiger partial charge in [0.2, 0.25) is 0 Å². The number of carbonyl (C=O) groups is 2. The van der Waals surface area contributed by atoms with Crippen LogP contribution in [0.3, 0.4) is 0 Å². The standard InChI is InChI=1S/C18H25N3O3S/c1-6-12-15(18(23)24-5)11(2)16(20-12)17(22)19-10-13(21(3)4)14-8-7-9-25-14/h7-9,13,20H,6,10H2,1-5H3,(H,19,22). The fourth-order valence-corrected chi connectivity index (χ4v) is 3.75. The second-order valence-corrected chi connectivity index (χ2v) is 7.01. The first-order valence-electron chi connectivity index (χ1n) is 8.18. The van der Waals surface area contributed by atoms with E-state index in [-0.39, 0.29) is 11.9 Å². The van der Waals surface area contributed by atoms with Crippen LogP contribution in [-0.4, -0.2) is 49.5 Å². The average Bonchev–Trinajstić information content (AvgIpc) is 3.21. The molecule has 1 amide bonds. The van der Waals surface area contributed by atoms with Crippen LogP contribution in [0.25, 0.3) is 0 Å². The van der Waals surface area contributed by atoms with E-state index in [0.717, 1.165) is 5.69 Å². The van der Waals surface area contributed by atoms with E-state index in [1.54, 1.807) is 18.3 Å². The van der Waals surface area contributed by atoms with Gasteiger partial charge in [0.25, 0.3) is 5.91 Å². The zero-order valence-corrected chi connectivity index (χ0v) is 16.1. The molecule has 2 aromatic heterocycles. The first-order valence-corrected chi connectivity index (χ1v) is 9.06. The highest BCUT2D eigenvalue weighted by Gasteiger charge is 2.24. The fraction of sp³-hybridized carbons (Fsp3) is 0.444. The molecule has 0 radical (unpaired) electrons. The number of hydrogen-bond acceptors (Lipinski definition) is 5. The number of thiophene rings is 1. The van der Waals surface area contributed by atoms with Crippen molar-refractivity contribution in [2.24, 2.45) is 0 Å². The van der Waals surface area contributed by atoms with Crippen molar-refractivity contribution in [1.29, 1.82) is 0 Å². The Balaban J connectivity index is 2.18. The fourth-order valence-electron chi connectivity index (χ4n) is 2.83. The highest BCUT2D eigenvalue weighted by Crippen LogP contribution is 2.23. The number of likely N-dealkylation sites (N-methyl/N-ethyl adjacent to an activating group) is 1. The van der Waals surface area contributed by atoms with Crippen molar-refractivity contribution >= 4 is 23.2 Å². The number of carbonyl (C=O) groups excluding carboxylic acids is 2. The summed E-state index contributed by atoms with van der Waals surface area (Å²) in [6, 6.07) is 4.17. The van der Waals surface area contributed by atoms with Crippen LogP contribution in [-0.2, 0) is 11.2 Å². The molecule has 0 bridgehead atoms. The van der Waals surface area contributed by atoms with E-state index >= 15 is 0 Å². The predicted molar refractivity (Wildman–Crippen MR) is 99.3 cm³/mol. The normalized spacial score (nSPS) is 12.2. The lowest BCUT2D eigenvalue weighted by Gasteiger charge is -2.23. The van der Waals surface area contributed by atoms with E-state index < -0.39 is 5.97 Å². The maximum Gasteiger partial charge on any atom is 0.339 e. The molecule has 136 valence electrons. The number of H-pyrrole nitrogens is 1. The molecule has 25 heavy (non-hydrogen) atoms. The minimum atomic E-state index is -0.422. The SMILES string of the molecule is CCc1[nH]c(C(=O)NCC(c2cccs2)N(C)C)c(C)c1C(=O)OC. The van der Waals surface area contributed by atoms with Crippen molar-refractivity contribution < 1.29 is 14.3 Å². The van der Waals surface area contributed by atoms with E-state index in [0.29, 0.717) is 29.8 Å². The van der Waals surface area contributed by atoms with Crippen molar-refractivity contribution in [1.82, 2.24) is 15.2 Å². The second kappa shape index (κ2) is 8.31. The molecular formula is C18H25N3O3S. The molecule has 1 unspecified atom stereocenters. The summed E-state index contributed by atoms with van der Waals surface area (Å²) >= 11 is 1.67. The molecule has 1 atom stereocenters. The minimum Gasteiger partial charge on any atom is -0.465 e. The van der Waals surface area contributed by atoms with E-state index in [1.807, 2.05) is 32.5 Å². The monoisotopic (exact) mass is 363 g/mol. The molecule has 0 saturated carbocycles. The lowest BCUT2D eigenvalue weighted by Crippen LogP contribution is -2.34. The number of ether oxygens (including phenoxy) is 1. The number of aromatic amines is 1. The number of aromatic nitrogens is 1. The van der Waals surface area contributed by atoms with Crippen molar-refractivity contribution in [3.05, 3.63) is 44.9 Å². The molecule has 6 nitrogen and oxygen atoms in total. The highest BCUT2D eigenvalue weighted by atomic mass is 32.1. The Morgan fingerprint density at radius 1 is 1.40 bits per heavy atom. The number of nitrogens with zero attached hydrogens (tertiary/aromatic N) is 1. The van der Waals surface area contributed by atoms with Crippen LogP contribution in [0, 0.1) is 6.92 Å². The van der Waals surface area contributed by atoms with Crippen LogP contribution < -0.4 is 5.32 Å². The summed E-state index contributed by atoms with van der Waals surface area (Å²) in [5.74, 6) is -0.639. The molecule has 2 N–H and O–H groups in total. The zero-order valence-electron chi connectivity index (χ0n) is 15.3. The molecule has 0 aliphatic carbocycles. The van der Waals surface area contributed by atoms with Gasteiger partial charge in [0.05, 0.1) is 18.7 Å². The minimum absolute atomic E-state index is 0.102. The smallest absolute Gasteiger partial charge is 0.339 e. The van der Waals surface area contributed by atoms with Gasteiger partial charge in [-0.15, -0.1) is 11.3 Å². The predicted octanol–water partition coefficient (Wildman–Crippen LogP) is 2.77. The number of hydrogen-bond donors (Lipinski definition) is 2. The molecule has 0 fully saturated rings. The van der Waals surface area contributed by atoms with Crippen LogP contribution >= 0.6 is 11.3 Å². The largest absolute Gasteiger partial charge is 0.465 e. The van der Waals surface area contributed by atoms with Gasteiger partial charge in [0, 0.05) is 17.1 Å². The van der Waals surface area contributed by atoms with E-state index in [1.165, 1.54) is 12.0 Å². The molecule has 0 saturated heterocycles. The van der Waals surface area contributed by atoms with Gasteiger partial charge in [-0.05, 0) is 44.4 Å². The summed E-state index contributed by atoms with van der Waals surface area (Å²) in [6.07, 6.45) is 0.619. The Bertz CT molecular complexity index is 735. The van der Waals surface area contributed by atoms with Crippen LogP contribution in [0.15, 0.2) is 17.5 Å². The second-order valence-electron chi connectivity index (χ2n) is 6.03. The van der Waals surface area contributed by atoms with Gasteiger partial charge < -0.3 is 19.9 Å². The summed E-state index contributed by atoms with van der Waals surface area (Å²) in [5, 5.41) is 5.00. The Kier molecular flexibility index (Phi) is 6.39. The van der Waals surface area contributed by atoms with E-state index in [2.05, 4.69) is 21.3 Å². The van der Waals surface area contributed by atoms with E-state index in [9.17, 15) is 9.59 Å². The maximum absolute atomic E-state index is 12.6. The zero-order chi connectivity index (χ0) is 18.6. The quantitative estimate of drug-likeness (QED) is 0.742. The number of aryl methyl sites for hydroxylation is 1. The molecule has 0 aliphatic rings. The lowest BCUT2D eigenvalue weighted by molar-refractivity contribution is 0.0599. The Morgan fingerprint density at radius 3 is 2.64 bits per heavy atom. The lowest BCUT2D eigenvalue weighted by atomic mass is 10.1. The van der Waals surface area contributed by atoms with E-state index in [4.69, 9.17) is 4.74 Å². The van der Waals surface area contributed by atoms with Crippen molar-refractivity contribution in [3.8, 4) is 0 Å². The van der Waals surface area contributed by atoms with Gasteiger partial charge in [0.15, 0.2) is 0 Å². The van der Waals surface area contributed by atoms with Gasteiger partial charge in [-0.2, -0.15) is 0 Å². The number of amides is 1. The van der Waals surface area contributed by atoms with Crippen LogP contribution in [0.2, 0.25) is 0 Å². The van der Waals surface area contributed by atoms with Gasteiger partial charge >= 0.3 is 5.97 Å². The van der Waals surface area contributed by atoms with Crippen LogP contribution in [0.1, 0.15) is 49.9 Å². The first-order chi connectivity index (χ1) is 11.9. The van der Waals surface area contributed by atoms with Gasteiger partial charge in [-0.3, -0.25) is 4.79 Å². The highest BCUT2D eigenvalue weighted by molar-refractivity contribution is 7.10. The molecule has 0 aromatic carbocycles. The van der Waals surface area contributed by atoms with Crippen molar-refractivity contribution in [2.75, 3.05) is 27.7 Å². The van der Waals surface area contributed by atoms with Gasteiger partial charge in [-0.1, -0.05) is 13.0 Å². The molecule has 2 rings (SSSR count). The Labute approximate surface area is 152 Å². The van der Waals surface area contributed by atoms with Crippen molar-refractivity contribution in [2.45, 2.75) is 26.3 Å². The topological polar surface area (TPSA) is 74.4 Å². The summed E-state index contributed by atoms with van der Waals surface area (Å²) in [7, 11) is 5.32. The third-order valence-corrected chi connectivity index (χ3v) is 5.22.